The Bertz CT molecular complexity index is 582. The Balaban J connectivity index is 1.93. The lowest BCUT2D eigenvalue weighted by Gasteiger charge is -2.00. The van der Waals surface area contributed by atoms with Crippen molar-refractivity contribution in [3.8, 4) is 6.01 Å². The van der Waals surface area contributed by atoms with E-state index in [0.29, 0.717) is 24.0 Å². The van der Waals surface area contributed by atoms with Crippen molar-refractivity contribution in [2.75, 3.05) is 11.9 Å². The van der Waals surface area contributed by atoms with Crippen molar-refractivity contribution in [2.24, 2.45) is 0 Å². The first kappa shape index (κ1) is 13.7. The first-order valence-corrected chi connectivity index (χ1v) is 6.13. The average molecular weight is 270 g/mol. The largest absolute Gasteiger partial charge is 0.464 e. The predicted octanol–water partition coefficient (Wildman–Crippen LogP) is 1.92. The van der Waals surface area contributed by atoms with Crippen LogP contribution in [0.4, 0.5) is 5.82 Å². The summed E-state index contributed by atoms with van der Waals surface area (Å²) >= 11 is 0. The number of nitrogens with zero attached hydrogens (tertiary/aromatic N) is 3. The molecule has 20 heavy (non-hydrogen) atoms. The monoisotopic (exact) mass is 270 g/mol. The van der Waals surface area contributed by atoms with E-state index >= 15 is 0 Å². The van der Waals surface area contributed by atoms with Crippen LogP contribution in [-0.2, 0) is 4.79 Å². The molecule has 0 fully saturated rings. The topological polar surface area (TPSA) is 77.0 Å². The molecule has 0 saturated carbocycles. The van der Waals surface area contributed by atoms with Crippen molar-refractivity contribution in [3.63, 3.8) is 0 Å². The Kier molecular flexibility index (Phi) is 4.77. The average Bonchev–Trinajstić information content (AvgIpc) is 2.48. The molecule has 0 aliphatic heterocycles. The van der Waals surface area contributed by atoms with Crippen LogP contribution in [-0.4, -0.2) is 27.5 Å². The quantitative estimate of drug-likeness (QED) is 0.840. The molecule has 2 heterocycles. The fourth-order valence-electron chi connectivity index (χ4n) is 1.39. The molecule has 1 amide bonds. The number of anilines is 1. The number of ether oxygens (including phenoxy) is 1. The van der Waals surface area contributed by atoms with Crippen molar-refractivity contribution in [2.45, 2.75) is 6.92 Å². The molecule has 2 aromatic heterocycles. The first-order valence-electron chi connectivity index (χ1n) is 6.13. The highest BCUT2D eigenvalue weighted by molar-refractivity contribution is 6.01. The van der Waals surface area contributed by atoms with Crippen molar-refractivity contribution in [1.82, 2.24) is 15.0 Å². The minimum Gasteiger partial charge on any atom is -0.464 e. The second kappa shape index (κ2) is 6.98. The molecule has 0 aromatic carbocycles. The van der Waals surface area contributed by atoms with Crippen LogP contribution in [0.15, 0.2) is 42.9 Å². The zero-order chi connectivity index (χ0) is 14.2. The molecule has 0 unspecified atom stereocenters. The number of hydrogen-bond acceptors (Lipinski definition) is 5. The van der Waals surface area contributed by atoms with Crippen molar-refractivity contribution in [1.29, 1.82) is 0 Å². The maximum atomic E-state index is 11.7. The van der Waals surface area contributed by atoms with E-state index in [9.17, 15) is 4.79 Å². The van der Waals surface area contributed by atoms with Crippen LogP contribution in [0.2, 0.25) is 0 Å². The number of pyridine rings is 1. The van der Waals surface area contributed by atoms with E-state index in [1.54, 1.807) is 42.9 Å². The zero-order valence-electron chi connectivity index (χ0n) is 11.0. The van der Waals surface area contributed by atoms with Gasteiger partial charge in [0.1, 0.15) is 5.82 Å². The standard InChI is InChI=1S/C14H14N4O2/c1-2-20-14-16-9-11(10-17-14)6-7-13(19)18-12-5-3-4-8-15-12/h3-10H,2H2,1H3,(H,15,18,19)/b7-6+. The van der Waals surface area contributed by atoms with Crippen LogP contribution in [0.5, 0.6) is 6.01 Å². The van der Waals surface area contributed by atoms with Crippen molar-refractivity contribution < 1.29 is 9.53 Å². The lowest BCUT2D eigenvalue weighted by Crippen LogP contribution is -2.08. The molecule has 6 heteroatoms. The van der Waals surface area contributed by atoms with Gasteiger partial charge in [0.15, 0.2) is 0 Å². The maximum absolute atomic E-state index is 11.7. The summed E-state index contributed by atoms with van der Waals surface area (Å²) in [6.07, 6.45) is 7.80. The van der Waals surface area contributed by atoms with E-state index in [1.165, 1.54) is 6.08 Å². The summed E-state index contributed by atoms with van der Waals surface area (Å²) in [5.41, 5.74) is 0.713. The number of hydrogen-bond donors (Lipinski definition) is 1. The summed E-state index contributed by atoms with van der Waals surface area (Å²) in [5, 5.41) is 2.64. The Morgan fingerprint density at radius 2 is 2.10 bits per heavy atom. The third kappa shape index (κ3) is 4.16. The van der Waals surface area contributed by atoms with Gasteiger partial charge in [0, 0.05) is 30.2 Å². The van der Waals surface area contributed by atoms with Crippen LogP contribution >= 0.6 is 0 Å². The third-order valence-corrected chi connectivity index (χ3v) is 2.26. The van der Waals surface area contributed by atoms with E-state index in [0.717, 1.165) is 0 Å². The smallest absolute Gasteiger partial charge is 0.316 e. The summed E-state index contributed by atoms with van der Waals surface area (Å²) in [6, 6.07) is 5.61. The van der Waals surface area contributed by atoms with Gasteiger partial charge in [-0.25, -0.2) is 15.0 Å². The number of rotatable bonds is 5. The summed E-state index contributed by atoms with van der Waals surface area (Å²) in [7, 11) is 0. The van der Waals surface area contributed by atoms with Crippen LogP contribution in [0.3, 0.4) is 0 Å². The molecular weight excluding hydrogens is 256 g/mol. The molecule has 0 atom stereocenters. The van der Waals surface area contributed by atoms with Crippen LogP contribution < -0.4 is 10.1 Å². The Morgan fingerprint density at radius 3 is 2.75 bits per heavy atom. The summed E-state index contributed by atoms with van der Waals surface area (Å²) in [4.78, 5) is 23.7. The zero-order valence-corrected chi connectivity index (χ0v) is 11.0. The Labute approximate surface area is 116 Å². The highest BCUT2D eigenvalue weighted by Gasteiger charge is 1.99. The van der Waals surface area contributed by atoms with Gasteiger partial charge in [0.2, 0.25) is 5.91 Å². The SMILES string of the molecule is CCOc1ncc(/C=C/C(=O)Nc2ccccn2)cn1. The minimum atomic E-state index is -0.266. The second-order valence-electron chi connectivity index (χ2n) is 3.77. The molecule has 0 radical (unpaired) electrons. The van der Waals surface area contributed by atoms with Gasteiger partial charge in [-0.05, 0) is 25.1 Å². The molecule has 0 aliphatic carbocycles. The molecule has 2 aromatic rings. The minimum absolute atomic E-state index is 0.266. The highest BCUT2D eigenvalue weighted by atomic mass is 16.5. The maximum Gasteiger partial charge on any atom is 0.316 e. The third-order valence-electron chi connectivity index (χ3n) is 2.26. The van der Waals surface area contributed by atoms with Crippen LogP contribution in [0.1, 0.15) is 12.5 Å². The number of nitrogens with one attached hydrogen (secondary N) is 1. The highest BCUT2D eigenvalue weighted by Crippen LogP contribution is 2.05. The molecule has 0 spiro atoms. The molecule has 2 rings (SSSR count). The van der Waals surface area contributed by atoms with Gasteiger partial charge >= 0.3 is 6.01 Å². The summed E-state index contributed by atoms with van der Waals surface area (Å²) < 4.78 is 5.13. The van der Waals surface area contributed by atoms with E-state index in [2.05, 4.69) is 20.3 Å². The van der Waals surface area contributed by atoms with Crippen LogP contribution in [0.25, 0.3) is 6.08 Å². The van der Waals surface area contributed by atoms with Gasteiger partial charge in [-0.3, -0.25) is 4.79 Å². The van der Waals surface area contributed by atoms with Crippen molar-refractivity contribution in [3.05, 3.63) is 48.4 Å². The fraction of sp³-hybridized carbons (Fsp3) is 0.143. The lowest BCUT2D eigenvalue weighted by atomic mass is 10.3. The molecule has 0 bridgehead atoms. The Morgan fingerprint density at radius 1 is 1.30 bits per heavy atom. The summed E-state index contributed by atoms with van der Waals surface area (Å²) in [6.45, 7) is 2.38. The van der Waals surface area contributed by atoms with E-state index < -0.39 is 0 Å². The molecule has 1 N–H and O–H groups in total. The number of carbonyl (C=O) groups excluding carboxylic acids is 1. The Hall–Kier alpha value is -2.76. The van der Waals surface area contributed by atoms with E-state index in [4.69, 9.17) is 4.74 Å². The van der Waals surface area contributed by atoms with E-state index in [1.807, 2.05) is 6.92 Å². The molecule has 102 valence electrons. The fourth-order valence-corrected chi connectivity index (χ4v) is 1.39. The van der Waals surface area contributed by atoms with Gasteiger partial charge in [-0.15, -0.1) is 0 Å². The van der Waals surface area contributed by atoms with Gasteiger partial charge in [-0.1, -0.05) is 6.07 Å². The second-order valence-corrected chi connectivity index (χ2v) is 3.77. The van der Waals surface area contributed by atoms with Crippen LogP contribution in [0, 0.1) is 0 Å². The van der Waals surface area contributed by atoms with Gasteiger partial charge < -0.3 is 10.1 Å². The molecule has 0 saturated heterocycles. The number of aromatic nitrogens is 3. The molecule has 6 nitrogen and oxygen atoms in total. The van der Waals surface area contributed by atoms with E-state index in [-0.39, 0.29) is 5.91 Å². The number of carbonyl (C=O) groups is 1. The lowest BCUT2D eigenvalue weighted by molar-refractivity contribution is -0.111. The molecular formula is C14H14N4O2. The van der Waals surface area contributed by atoms with Gasteiger partial charge in [-0.2, -0.15) is 0 Å². The first-order chi connectivity index (χ1) is 9.78. The summed E-state index contributed by atoms with van der Waals surface area (Å²) in [5.74, 6) is 0.239. The molecule has 0 aliphatic rings. The van der Waals surface area contributed by atoms with Crippen molar-refractivity contribution >= 4 is 17.8 Å². The predicted molar refractivity (Wildman–Crippen MR) is 75.1 cm³/mol. The number of amides is 1. The van der Waals surface area contributed by atoms with Gasteiger partial charge in [0.05, 0.1) is 6.61 Å². The van der Waals surface area contributed by atoms with Gasteiger partial charge in [0.25, 0.3) is 0 Å². The normalized spacial score (nSPS) is 10.4.